The Hall–Kier alpha value is -3.08. The van der Waals surface area contributed by atoms with Crippen molar-refractivity contribution < 1.29 is 18.1 Å². The van der Waals surface area contributed by atoms with Crippen molar-refractivity contribution in [3.05, 3.63) is 52.3 Å². The van der Waals surface area contributed by atoms with Crippen LogP contribution in [-0.2, 0) is 10.0 Å². The number of carbonyl (C=O) groups excluding carboxylic acids is 1. The zero-order chi connectivity index (χ0) is 17.2. The van der Waals surface area contributed by atoms with Crippen LogP contribution in [0, 0.1) is 17.0 Å². The number of carbonyl (C=O) groups is 1. The van der Waals surface area contributed by atoms with Crippen LogP contribution in [0.4, 0.5) is 16.4 Å². The summed E-state index contributed by atoms with van der Waals surface area (Å²) >= 11 is 0. The summed E-state index contributed by atoms with van der Waals surface area (Å²) in [7, 11) is -4.65. The van der Waals surface area contributed by atoms with E-state index in [2.05, 4.69) is 9.97 Å². The maximum atomic E-state index is 12.7. The smallest absolute Gasteiger partial charge is 0.336 e. The van der Waals surface area contributed by atoms with Gasteiger partial charge in [0.25, 0.3) is 15.7 Å². The molecule has 0 unspecified atom stereocenters. The van der Waals surface area contributed by atoms with Gasteiger partial charge < -0.3 is 5.73 Å². The zero-order valence-corrected chi connectivity index (χ0v) is 12.6. The molecular weight excluding hydrogens is 326 g/mol. The highest BCUT2D eigenvalue weighted by atomic mass is 32.2. The Morgan fingerprint density at radius 2 is 1.96 bits per heavy atom. The van der Waals surface area contributed by atoms with Crippen LogP contribution in [0.2, 0.25) is 0 Å². The van der Waals surface area contributed by atoms with Crippen molar-refractivity contribution in [1.29, 1.82) is 0 Å². The molecule has 0 aliphatic rings. The summed E-state index contributed by atoms with van der Waals surface area (Å²) in [6, 6.07) is 4.70. The Balaban J connectivity index is 2.69. The van der Waals surface area contributed by atoms with E-state index in [0.717, 1.165) is 12.1 Å². The quantitative estimate of drug-likeness (QED) is 0.645. The summed E-state index contributed by atoms with van der Waals surface area (Å²) in [6.45, 7) is 1.56. The Bertz CT molecular complexity index is 883. The number of para-hydroxylation sites is 1. The molecule has 1 aromatic heterocycles. The van der Waals surface area contributed by atoms with Gasteiger partial charge in [-0.3, -0.25) is 10.1 Å². The SMILES string of the molecule is Cc1ccnc(N(C(N)=O)S(=O)(=O)c2ccccc2[N+](=O)[O-])n1. The van der Waals surface area contributed by atoms with Gasteiger partial charge in [0.2, 0.25) is 5.95 Å². The molecule has 23 heavy (non-hydrogen) atoms. The lowest BCUT2D eigenvalue weighted by molar-refractivity contribution is -0.387. The van der Waals surface area contributed by atoms with Crippen molar-refractivity contribution in [3.63, 3.8) is 0 Å². The van der Waals surface area contributed by atoms with Crippen molar-refractivity contribution in [1.82, 2.24) is 9.97 Å². The van der Waals surface area contributed by atoms with E-state index in [4.69, 9.17) is 5.73 Å². The van der Waals surface area contributed by atoms with E-state index in [9.17, 15) is 23.3 Å². The van der Waals surface area contributed by atoms with E-state index in [1.165, 1.54) is 24.4 Å². The Kier molecular flexibility index (Phi) is 4.22. The zero-order valence-electron chi connectivity index (χ0n) is 11.8. The van der Waals surface area contributed by atoms with Gasteiger partial charge in [-0.25, -0.2) is 23.2 Å². The minimum Gasteiger partial charge on any atom is -0.350 e. The molecule has 1 aromatic carbocycles. The highest BCUT2D eigenvalue weighted by molar-refractivity contribution is 7.93. The summed E-state index contributed by atoms with van der Waals surface area (Å²) in [5.41, 5.74) is 4.83. The average Bonchev–Trinajstić information content (AvgIpc) is 2.46. The summed E-state index contributed by atoms with van der Waals surface area (Å²) < 4.78 is 25.4. The molecule has 0 aliphatic carbocycles. The lowest BCUT2D eigenvalue weighted by Gasteiger charge is -2.18. The lowest BCUT2D eigenvalue weighted by atomic mass is 10.3. The fourth-order valence-electron chi connectivity index (χ4n) is 1.78. The molecule has 1 heterocycles. The number of hydrogen-bond donors (Lipinski definition) is 1. The number of nitrogens with two attached hydrogens (primary N) is 1. The second kappa shape index (κ2) is 5.96. The molecule has 2 amide bonds. The molecule has 0 atom stereocenters. The fourth-order valence-corrected chi connectivity index (χ4v) is 3.18. The largest absolute Gasteiger partial charge is 0.350 e. The van der Waals surface area contributed by atoms with Gasteiger partial charge in [0.1, 0.15) is 0 Å². The second-order valence-electron chi connectivity index (χ2n) is 4.33. The standard InChI is InChI=1S/C12H11N5O5S/c1-8-6-7-14-12(15-8)16(11(13)18)23(21,22)10-5-3-2-4-9(10)17(19)20/h2-7H,1H3,(H2,13,18). The number of aromatic nitrogens is 2. The number of aryl methyl sites for hydroxylation is 1. The minimum atomic E-state index is -4.65. The third kappa shape index (κ3) is 3.08. The number of rotatable bonds is 4. The van der Waals surface area contributed by atoms with Crippen molar-refractivity contribution in [2.45, 2.75) is 11.8 Å². The van der Waals surface area contributed by atoms with Crippen molar-refractivity contribution >= 4 is 27.7 Å². The maximum Gasteiger partial charge on any atom is 0.336 e. The first-order chi connectivity index (χ1) is 10.7. The van der Waals surface area contributed by atoms with Gasteiger partial charge in [-0.1, -0.05) is 12.1 Å². The van der Waals surface area contributed by atoms with Crippen LogP contribution in [0.3, 0.4) is 0 Å². The molecule has 11 heteroatoms. The molecule has 2 rings (SSSR count). The lowest BCUT2D eigenvalue weighted by Crippen LogP contribution is -2.42. The first-order valence-electron chi connectivity index (χ1n) is 6.13. The number of urea groups is 1. The molecule has 120 valence electrons. The second-order valence-corrected chi connectivity index (χ2v) is 6.09. The maximum absolute atomic E-state index is 12.7. The van der Waals surface area contributed by atoms with Crippen molar-refractivity contribution in [2.75, 3.05) is 4.31 Å². The van der Waals surface area contributed by atoms with Gasteiger partial charge in [-0.2, -0.15) is 0 Å². The topological polar surface area (TPSA) is 149 Å². The molecule has 0 spiro atoms. The Morgan fingerprint density at radius 1 is 1.30 bits per heavy atom. The van der Waals surface area contributed by atoms with Crippen LogP contribution < -0.4 is 10.0 Å². The van der Waals surface area contributed by atoms with E-state index in [1.807, 2.05) is 0 Å². The Labute approximate surface area is 130 Å². The van der Waals surface area contributed by atoms with Crippen LogP contribution in [-0.4, -0.2) is 29.3 Å². The van der Waals surface area contributed by atoms with Crippen LogP contribution in [0.15, 0.2) is 41.4 Å². The summed E-state index contributed by atoms with van der Waals surface area (Å²) in [5.74, 6) is -0.490. The predicted molar refractivity (Wildman–Crippen MR) is 79.1 cm³/mol. The number of nitro benzene ring substituents is 1. The van der Waals surface area contributed by atoms with Crippen molar-refractivity contribution in [2.24, 2.45) is 5.73 Å². The van der Waals surface area contributed by atoms with Gasteiger partial charge in [0.15, 0.2) is 4.90 Å². The molecule has 10 nitrogen and oxygen atoms in total. The third-order valence-corrected chi connectivity index (χ3v) is 4.47. The van der Waals surface area contributed by atoms with Crippen molar-refractivity contribution in [3.8, 4) is 0 Å². The molecular formula is C12H11N5O5S. The molecule has 0 aliphatic heterocycles. The van der Waals surface area contributed by atoms with Gasteiger partial charge in [0.05, 0.1) is 4.92 Å². The van der Waals surface area contributed by atoms with Crippen LogP contribution >= 0.6 is 0 Å². The highest BCUT2D eigenvalue weighted by Gasteiger charge is 2.36. The third-order valence-electron chi connectivity index (χ3n) is 2.74. The first kappa shape index (κ1) is 16.3. The minimum absolute atomic E-state index is 0.127. The van der Waals surface area contributed by atoms with Gasteiger partial charge in [-0.15, -0.1) is 4.31 Å². The molecule has 0 fully saturated rings. The van der Waals surface area contributed by atoms with Crippen LogP contribution in [0.1, 0.15) is 5.69 Å². The van der Waals surface area contributed by atoms with E-state index in [-0.39, 0.29) is 4.31 Å². The summed E-state index contributed by atoms with van der Waals surface area (Å²) in [5, 5.41) is 11.0. The first-order valence-corrected chi connectivity index (χ1v) is 7.57. The molecule has 0 bridgehead atoms. The van der Waals surface area contributed by atoms with E-state index < -0.39 is 37.5 Å². The molecule has 0 saturated carbocycles. The highest BCUT2D eigenvalue weighted by Crippen LogP contribution is 2.28. The molecule has 2 aromatic rings. The number of nitro groups is 1. The number of benzene rings is 1. The van der Waals surface area contributed by atoms with Crippen LogP contribution in [0.5, 0.6) is 0 Å². The van der Waals surface area contributed by atoms with Crippen LogP contribution in [0.25, 0.3) is 0 Å². The molecule has 2 N–H and O–H groups in total. The monoisotopic (exact) mass is 337 g/mol. The van der Waals surface area contributed by atoms with Gasteiger partial charge >= 0.3 is 6.03 Å². The number of hydrogen-bond acceptors (Lipinski definition) is 7. The van der Waals surface area contributed by atoms with Gasteiger partial charge in [-0.05, 0) is 19.1 Å². The van der Waals surface area contributed by atoms with E-state index >= 15 is 0 Å². The predicted octanol–water partition coefficient (Wildman–Crippen LogP) is 0.967. The number of amides is 2. The molecule has 0 saturated heterocycles. The number of anilines is 1. The van der Waals surface area contributed by atoms with E-state index in [1.54, 1.807) is 6.92 Å². The fraction of sp³-hybridized carbons (Fsp3) is 0.0833. The Morgan fingerprint density at radius 3 is 2.52 bits per heavy atom. The normalized spacial score (nSPS) is 11.0. The number of sulfonamides is 1. The summed E-state index contributed by atoms with van der Waals surface area (Å²) in [6.07, 6.45) is 1.24. The molecule has 0 radical (unpaired) electrons. The number of primary amides is 1. The number of nitrogens with zero attached hydrogens (tertiary/aromatic N) is 4. The van der Waals surface area contributed by atoms with E-state index in [0.29, 0.717) is 5.69 Å². The summed E-state index contributed by atoms with van der Waals surface area (Å²) in [4.78, 5) is 28.6. The average molecular weight is 337 g/mol. The van der Waals surface area contributed by atoms with Gasteiger partial charge in [0, 0.05) is 18.0 Å².